The summed E-state index contributed by atoms with van der Waals surface area (Å²) in [7, 11) is 1.57. The average molecular weight is 516 g/mol. The van der Waals surface area contributed by atoms with Gasteiger partial charge in [0.05, 0.1) is 7.11 Å². The van der Waals surface area contributed by atoms with Gasteiger partial charge in [0.1, 0.15) is 23.4 Å². The molecule has 8 nitrogen and oxygen atoms in total. The van der Waals surface area contributed by atoms with Gasteiger partial charge in [-0.05, 0) is 63.9 Å². The van der Waals surface area contributed by atoms with Crippen LogP contribution in [0.2, 0.25) is 0 Å². The highest BCUT2D eigenvalue weighted by atomic mass is 32.1. The van der Waals surface area contributed by atoms with E-state index in [1.807, 2.05) is 38.1 Å². The van der Waals surface area contributed by atoms with Crippen LogP contribution >= 0.6 is 12.6 Å². The minimum atomic E-state index is -0.976. The van der Waals surface area contributed by atoms with Gasteiger partial charge in [0.25, 0.3) is 5.91 Å². The van der Waals surface area contributed by atoms with Gasteiger partial charge in [-0.15, -0.1) is 0 Å². The summed E-state index contributed by atoms with van der Waals surface area (Å²) in [4.78, 5) is 41.3. The number of nitrogens with zero attached hydrogens (tertiary/aromatic N) is 1. The Labute approximate surface area is 219 Å². The number of thiol groups is 1. The second-order valence-corrected chi connectivity index (χ2v) is 9.81. The molecule has 2 unspecified atom stereocenters. The molecule has 0 heterocycles. The molecule has 0 aliphatic heterocycles. The maximum Gasteiger partial charge on any atom is 0.408 e. The number of ether oxygens (including phenoxy) is 2. The number of amides is 3. The molecule has 2 atom stereocenters. The van der Waals surface area contributed by atoms with Crippen LogP contribution in [0, 0.1) is 6.92 Å². The summed E-state index contributed by atoms with van der Waals surface area (Å²) < 4.78 is 10.5. The number of carbonyl (C=O) groups is 3. The third-order valence-electron chi connectivity index (χ3n) is 5.19. The van der Waals surface area contributed by atoms with Gasteiger partial charge in [-0.1, -0.05) is 36.8 Å². The Bertz CT molecular complexity index is 1040. The molecule has 0 aliphatic carbocycles. The number of alkyl carbamates (subject to hydrolysis) is 1. The zero-order chi connectivity index (χ0) is 26.9. The Morgan fingerprint density at radius 2 is 1.75 bits per heavy atom. The number of methoxy groups -OCH3 is 1. The third kappa shape index (κ3) is 8.48. The van der Waals surface area contributed by atoms with Gasteiger partial charge in [0, 0.05) is 18.0 Å². The van der Waals surface area contributed by atoms with E-state index in [2.05, 4.69) is 23.3 Å². The Morgan fingerprint density at radius 3 is 2.28 bits per heavy atom. The molecule has 9 heteroatoms. The lowest BCUT2D eigenvalue weighted by atomic mass is 10.0. The van der Waals surface area contributed by atoms with E-state index in [4.69, 9.17) is 9.47 Å². The molecule has 0 aromatic heterocycles. The summed E-state index contributed by atoms with van der Waals surface area (Å²) in [5.74, 6) is -0.0912. The molecule has 2 aromatic carbocycles. The molecule has 0 saturated carbocycles. The predicted octanol–water partition coefficient (Wildman–Crippen LogP) is 4.75. The molecule has 0 radical (unpaired) electrons. The summed E-state index contributed by atoms with van der Waals surface area (Å²) >= 11 is 4.30. The van der Waals surface area contributed by atoms with Gasteiger partial charge in [-0.3, -0.25) is 9.59 Å². The van der Waals surface area contributed by atoms with E-state index < -0.39 is 29.7 Å². The summed E-state index contributed by atoms with van der Waals surface area (Å²) in [5, 5.41) is 5.52. The van der Waals surface area contributed by atoms with E-state index in [9.17, 15) is 14.4 Å². The van der Waals surface area contributed by atoms with Gasteiger partial charge in [-0.2, -0.15) is 12.6 Å². The first-order valence-electron chi connectivity index (χ1n) is 11.9. The maximum absolute atomic E-state index is 13.7. The van der Waals surface area contributed by atoms with E-state index in [-0.39, 0.29) is 11.7 Å². The minimum absolute atomic E-state index is 0.0406. The first-order valence-corrected chi connectivity index (χ1v) is 12.5. The van der Waals surface area contributed by atoms with Crippen molar-refractivity contribution in [3.05, 3.63) is 59.7 Å². The smallest absolute Gasteiger partial charge is 0.408 e. The molecule has 2 N–H and O–H groups in total. The first kappa shape index (κ1) is 29.0. The lowest BCUT2D eigenvalue weighted by Gasteiger charge is -2.34. The lowest BCUT2D eigenvalue weighted by molar-refractivity contribution is -0.140. The van der Waals surface area contributed by atoms with Crippen molar-refractivity contribution in [1.29, 1.82) is 0 Å². The molecule has 2 rings (SSSR count). The van der Waals surface area contributed by atoms with Crippen LogP contribution in [0.25, 0.3) is 0 Å². The number of rotatable bonds is 10. The topological polar surface area (TPSA) is 97.0 Å². The first-order chi connectivity index (χ1) is 17.0. The quantitative estimate of drug-likeness (QED) is 0.397. The van der Waals surface area contributed by atoms with Gasteiger partial charge < -0.3 is 25.0 Å². The normalized spacial score (nSPS) is 12.8. The van der Waals surface area contributed by atoms with Crippen LogP contribution in [0.1, 0.15) is 51.3 Å². The molecule has 36 heavy (non-hydrogen) atoms. The number of anilines is 1. The van der Waals surface area contributed by atoms with Crippen molar-refractivity contribution >= 4 is 36.2 Å². The van der Waals surface area contributed by atoms with Gasteiger partial charge in [0.2, 0.25) is 5.91 Å². The summed E-state index contributed by atoms with van der Waals surface area (Å²) in [6.07, 6.45) is -0.114. The molecule has 0 aliphatic rings. The van der Waals surface area contributed by atoms with Crippen LogP contribution in [-0.4, -0.2) is 53.9 Å². The highest BCUT2D eigenvalue weighted by Crippen LogP contribution is 2.26. The summed E-state index contributed by atoms with van der Waals surface area (Å²) in [5.41, 5.74) is 1.47. The van der Waals surface area contributed by atoms with Crippen LogP contribution in [0.3, 0.4) is 0 Å². The van der Waals surface area contributed by atoms with Crippen molar-refractivity contribution in [3.63, 3.8) is 0 Å². The number of nitrogens with one attached hydrogen (secondary N) is 2. The fourth-order valence-corrected chi connectivity index (χ4v) is 3.89. The Hall–Kier alpha value is -3.20. The monoisotopic (exact) mass is 515 g/mol. The number of aryl methyl sites for hydroxylation is 1. The number of hydrogen-bond donors (Lipinski definition) is 3. The molecule has 0 bridgehead atoms. The Morgan fingerprint density at radius 1 is 1.08 bits per heavy atom. The lowest BCUT2D eigenvalue weighted by Crippen LogP contribution is -2.53. The van der Waals surface area contributed by atoms with Crippen molar-refractivity contribution < 1.29 is 23.9 Å². The predicted molar refractivity (Wildman–Crippen MR) is 145 cm³/mol. The number of benzene rings is 2. The van der Waals surface area contributed by atoms with Crippen LogP contribution in [0.5, 0.6) is 5.75 Å². The average Bonchev–Trinajstić information content (AvgIpc) is 2.81. The second-order valence-electron chi connectivity index (χ2n) is 9.45. The SMILES string of the molecule is CCCN(C(=O)C(CS)NC(=O)OC(C)(C)C)C(C(=O)Nc1ccc(OC)cc1)c1cccc(C)c1. The molecular formula is C27H37N3O5S. The zero-order valence-electron chi connectivity index (χ0n) is 21.8. The van der Waals surface area contributed by atoms with Crippen molar-refractivity contribution in [2.75, 3.05) is 24.7 Å². The molecule has 3 amide bonds. The van der Waals surface area contributed by atoms with E-state index in [0.717, 1.165) is 5.56 Å². The van der Waals surface area contributed by atoms with E-state index in [1.165, 1.54) is 4.90 Å². The standard InChI is InChI=1S/C27H37N3O5S/c1-7-15-30(25(32)22(17-36)29-26(33)35-27(3,4)5)23(19-10-8-9-18(2)16-19)24(31)28-20-11-13-21(34-6)14-12-20/h8-14,16,22-23,36H,7,15,17H2,1-6H3,(H,28,31)(H,29,33). The zero-order valence-corrected chi connectivity index (χ0v) is 22.7. The largest absolute Gasteiger partial charge is 0.497 e. The van der Waals surface area contributed by atoms with Crippen LogP contribution in [0.15, 0.2) is 48.5 Å². The summed E-state index contributed by atoms with van der Waals surface area (Å²) in [6, 6.07) is 12.5. The van der Waals surface area contributed by atoms with Gasteiger partial charge >= 0.3 is 6.09 Å². The van der Waals surface area contributed by atoms with Crippen LogP contribution < -0.4 is 15.4 Å². The van der Waals surface area contributed by atoms with Crippen molar-refractivity contribution in [2.24, 2.45) is 0 Å². The van der Waals surface area contributed by atoms with Crippen molar-refractivity contribution in [1.82, 2.24) is 10.2 Å². The van der Waals surface area contributed by atoms with Crippen LogP contribution in [0.4, 0.5) is 10.5 Å². The fraction of sp³-hybridized carbons (Fsp3) is 0.444. The van der Waals surface area contributed by atoms with Gasteiger partial charge in [-0.25, -0.2) is 4.79 Å². The Balaban J connectivity index is 2.41. The number of carbonyl (C=O) groups excluding carboxylic acids is 3. The third-order valence-corrected chi connectivity index (χ3v) is 5.56. The van der Waals surface area contributed by atoms with Crippen LogP contribution in [-0.2, 0) is 14.3 Å². The molecule has 196 valence electrons. The van der Waals surface area contributed by atoms with E-state index in [1.54, 1.807) is 52.1 Å². The fourth-order valence-electron chi connectivity index (χ4n) is 3.64. The van der Waals surface area contributed by atoms with E-state index in [0.29, 0.717) is 30.0 Å². The molecule has 0 saturated heterocycles. The van der Waals surface area contributed by atoms with Gasteiger partial charge in [0.15, 0.2) is 0 Å². The van der Waals surface area contributed by atoms with E-state index >= 15 is 0 Å². The summed E-state index contributed by atoms with van der Waals surface area (Å²) in [6.45, 7) is 9.37. The highest BCUT2D eigenvalue weighted by Gasteiger charge is 2.35. The van der Waals surface area contributed by atoms with Crippen molar-refractivity contribution in [3.8, 4) is 5.75 Å². The molecule has 2 aromatic rings. The minimum Gasteiger partial charge on any atom is -0.497 e. The maximum atomic E-state index is 13.7. The Kier molecular flexibility index (Phi) is 10.6. The molecule has 0 spiro atoms. The second kappa shape index (κ2) is 13.2. The highest BCUT2D eigenvalue weighted by molar-refractivity contribution is 7.80. The molecular weight excluding hydrogens is 478 g/mol. The number of hydrogen-bond acceptors (Lipinski definition) is 6. The van der Waals surface area contributed by atoms with Crippen molar-refractivity contribution in [2.45, 2.75) is 58.7 Å². The molecule has 0 fully saturated rings.